The average Bonchev–Trinajstić information content (AvgIpc) is 1.62. The third kappa shape index (κ3) is 2.64. The van der Waals surface area contributed by atoms with E-state index in [0.717, 1.165) is 0 Å². The second kappa shape index (κ2) is 2.80. The normalized spacial score (nSPS) is 21.5. The molecule has 2 nitrogen and oxygen atoms in total. The Balaban J connectivity index is 3.80. The Morgan fingerprint density at radius 3 is 2.25 bits per heavy atom. The molecule has 0 aromatic rings. The van der Waals surface area contributed by atoms with Crippen LogP contribution in [0.15, 0.2) is 12.7 Å². The Hall–Kier alpha value is 0.390. The predicted molar refractivity (Wildman–Crippen MR) is 44.8 cm³/mol. The minimum absolute atomic E-state index is 0.122. The van der Waals surface area contributed by atoms with Gasteiger partial charge in [0, 0.05) is 6.04 Å². The molecule has 3 heteroatoms. The highest BCUT2D eigenvalue weighted by atomic mass is 127. The standard InChI is InChI=1S/C5H11IN2/c1-3-4(7)5(2,6)8/h3-4H,1,7-8H2,2H3. The molecule has 0 aromatic carbocycles. The summed E-state index contributed by atoms with van der Waals surface area (Å²) in [6.07, 6.45) is 1.65. The largest absolute Gasteiger partial charge is 0.322 e. The van der Waals surface area contributed by atoms with Gasteiger partial charge < -0.3 is 11.5 Å². The van der Waals surface area contributed by atoms with Crippen molar-refractivity contribution in [1.82, 2.24) is 0 Å². The summed E-state index contributed by atoms with van der Waals surface area (Å²) < 4.78 is -0.362. The maximum Gasteiger partial charge on any atom is 0.0840 e. The zero-order valence-corrected chi connectivity index (χ0v) is 7.05. The van der Waals surface area contributed by atoms with Gasteiger partial charge in [-0.15, -0.1) is 6.58 Å². The number of nitrogens with two attached hydrogens (primary N) is 2. The monoisotopic (exact) mass is 226 g/mol. The van der Waals surface area contributed by atoms with Crippen LogP contribution in [0.2, 0.25) is 0 Å². The molecule has 2 atom stereocenters. The maximum atomic E-state index is 5.58. The summed E-state index contributed by atoms with van der Waals surface area (Å²) in [7, 11) is 0. The maximum absolute atomic E-state index is 5.58. The fourth-order valence-electron chi connectivity index (χ4n) is 0.230. The van der Waals surface area contributed by atoms with Crippen molar-refractivity contribution < 1.29 is 0 Å². The van der Waals surface area contributed by atoms with E-state index in [4.69, 9.17) is 11.5 Å². The molecular weight excluding hydrogens is 215 g/mol. The van der Waals surface area contributed by atoms with Crippen LogP contribution in [-0.2, 0) is 0 Å². The van der Waals surface area contributed by atoms with Crippen LogP contribution < -0.4 is 11.5 Å². The van der Waals surface area contributed by atoms with Crippen LogP contribution in [0.4, 0.5) is 0 Å². The molecule has 0 saturated carbocycles. The molecule has 48 valence electrons. The molecule has 0 aromatic heterocycles. The average molecular weight is 226 g/mol. The van der Waals surface area contributed by atoms with Crippen LogP contribution in [0.1, 0.15) is 6.92 Å². The highest BCUT2D eigenvalue weighted by Gasteiger charge is 2.19. The molecule has 0 spiro atoms. The third-order valence-electron chi connectivity index (χ3n) is 0.906. The second-order valence-electron chi connectivity index (χ2n) is 1.91. The smallest absolute Gasteiger partial charge is 0.0840 e. The van der Waals surface area contributed by atoms with E-state index in [1.54, 1.807) is 6.08 Å². The summed E-state index contributed by atoms with van der Waals surface area (Å²) in [5, 5.41) is 0. The van der Waals surface area contributed by atoms with E-state index < -0.39 is 0 Å². The molecule has 0 saturated heterocycles. The van der Waals surface area contributed by atoms with E-state index in [1.165, 1.54) is 0 Å². The molecular formula is C5H11IN2. The molecule has 0 amide bonds. The first-order valence-corrected chi connectivity index (χ1v) is 3.42. The lowest BCUT2D eigenvalue weighted by Crippen LogP contribution is -2.46. The van der Waals surface area contributed by atoms with Gasteiger partial charge in [0.15, 0.2) is 0 Å². The van der Waals surface area contributed by atoms with E-state index in [9.17, 15) is 0 Å². The molecule has 0 bridgehead atoms. The fraction of sp³-hybridized carbons (Fsp3) is 0.600. The Morgan fingerprint density at radius 2 is 2.25 bits per heavy atom. The molecule has 8 heavy (non-hydrogen) atoms. The van der Waals surface area contributed by atoms with Gasteiger partial charge in [0.1, 0.15) is 0 Å². The molecule has 0 aliphatic heterocycles. The van der Waals surface area contributed by atoms with Gasteiger partial charge >= 0.3 is 0 Å². The molecule has 2 unspecified atom stereocenters. The van der Waals surface area contributed by atoms with Crippen LogP contribution in [0.25, 0.3) is 0 Å². The first-order valence-electron chi connectivity index (χ1n) is 2.34. The van der Waals surface area contributed by atoms with E-state index in [0.29, 0.717) is 0 Å². The second-order valence-corrected chi connectivity index (χ2v) is 4.24. The van der Waals surface area contributed by atoms with Gasteiger partial charge in [-0.05, 0) is 6.92 Å². The minimum Gasteiger partial charge on any atom is -0.322 e. The minimum atomic E-state index is -0.362. The van der Waals surface area contributed by atoms with Gasteiger partial charge in [-0.25, -0.2) is 0 Å². The quantitative estimate of drug-likeness (QED) is 0.313. The molecule has 0 heterocycles. The Morgan fingerprint density at radius 1 is 1.88 bits per heavy atom. The van der Waals surface area contributed by atoms with Crippen LogP contribution in [0, 0.1) is 0 Å². The van der Waals surface area contributed by atoms with Crippen LogP contribution in [0.5, 0.6) is 0 Å². The molecule has 0 rings (SSSR count). The van der Waals surface area contributed by atoms with Gasteiger partial charge in [-0.2, -0.15) is 0 Å². The Bertz CT molecular complexity index is 84.9. The summed E-state index contributed by atoms with van der Waals surface area (Å²) in [5.41, 5.74) is 11.1. The Labute approximate surface area is 63.5 Å². The summed E-state index contributed by atoms with van der Waals surface area (Å²) in [6.45, 7) is 5.38. The number of hydrogen-bond donors (Lipinski definition) is 2. The summed E-state index contributed by atoms with van der Waals surface area (Å²) in [4.78, 5) is 0. The lowest BCUT2D eigenvalue weighted by atomic mass is 10.2. The van der Waals surface area contributed by atoms with Gasteiger partial charge in [-0.3, -0.25) is 0 Å². The van der Waals surface area contributed by atoms with Crippen molar-refractivity contribution in [2.24, 2.45) is 11.5 Å². The van der Waals surface area contributed by atoms with E-state index >= 15 is 0 Å². The number of alkyl halides is 1. The van der Waals surface area contributed by atoms with Crippen molar-refractivity contribution in [3.63, 3.8) is 0 Å². The highest BCUT2D eigenvalue weighted by Crippen LogP contribution is 2.13. The summed E-state index contributed by atoms with van der Waals surface area (Å²) in [5.74, 6) is 0. The number of rotatable bonds is 2. The van der Waals surface area contributed by atoms with E-state index in [-0.39, 0.29) is 9.59 Å². The lowest BCUT2D eigenvalue weighted by Gasteiger charge is -2.21. The van der Waals surface area contributed by atoms with Crippen LogP contribution >= 0.6 is 22.6 Å². The topological polar surface area (TPSA) is 52.0 Å². The van der Waals surface area contributed by atoms with Crippen LogP contribution in [-0.4, -0.2) is 9.59 Å². The molecule has 4 N–H and O–H groups in total. The highest BCUT2D eigenvalue weighted by molar-refractivity contribution is 14.1. The first kappa shape index (κ1) is 8.39. The van der Waals surface area contributed by atoms with Crippen molar-refractivity contribution in [2.75, 3.05) is 0 Å². The van der Waals surface area contributed by atoms with Gasteiger partial charge in [0.25, 0.3) is 0 Å². The number of halogens is 1. The van der Waals surface area contributed by atoms with Crippen LogP contribution in [0.3, 0.4) is 0 Å². The summed E-state index contributed by atoms with van der Waals surface area (Å²) >= 11 is 2.08. The summed E-state index contributed by atoms with van der Waals surface area (Å²) in [6, 6.07) is -0.122. The first-order chi connectivity index (χ1) is 3.48. The van der Waals surface area contributed by atoms with Gasteiger partial charge in [0.2, 0.25) is 0 Å². The zero-order valence-electron chi connectivity index (χ0n) is 4.89. The third-order valence-corrected chi connectivity index (χ3v) is 1.62. The molecule has 0 aliphatic carbocycles. The Kier molecular flexibility index (Phi) is 2.93. The predicted octanol–water partition coefficient (Wildman–Crippen LogP) is 0.610. The SMILES string of the molecule is C=CC(N)C(C)(N)I. The molecule has 0 fully saturated rings. The van der Waals surface area contributed by atoms with Gasteiger partial charge in [0.05, 0.1) is 3.55 Å². The zero-order chi connectivity index (χ0) is 6.78. The number of hydrogen-bond acceptors (Lipinski definition) is 2. The lowest BCUT2D eigenvalue weighted by molar-refractivity contribution is 0.626. The molecule has 0 radical (unpaired) electrons. The van der Waals surface area contributed by atoms with Crippen molar-refractivity contribution in [1.29, 1.82) is 0 Å². The van der Waals surface area contributed by atoms with Crippen molar-refractivity contribution >= 4 is 22.6 Å². The van der Waals surface area contributed by atoms with Crippen molar-refractivity contribution in [3.05, 3.63) is 12.7 Å². The fourth-order valence-corrected chi connectivity index (χ4v) is 0.485. The van der Waals surface area contributed by atoms with Crippen molar-refractivity contribution in [3.8, 4) is 0 Å². The van der Waals surface area contributed by atoms with E-state index in [2.05, 4.69) is 29.2 Å². The van der Waals surface area contributed by atoms with Crippen molar-refractivity contribution in [2.45, 2.75) is 16.5 Å². The van der Waals surface area contributed by atoms with E-state index in [1.807, 2.05) is 6.92 Å². The molecule has 0 aliphatic rings. The van der Waals surface area contributed by atoms with Gasteiger partial charge in [-0.1, -0.05) is 28.7 Å².